The van der Waals surface area contributed by atoms with Crippen LogP contribution >= 0.6 is 27.3 Å². The Morgan fingerprint density at radius 3 is 2.80 bits per heavy atom. The van der Waals surface area contributed by atoms with E-state index in [0.29, 0.717) is 11.8 Å². The largest absolute Gasteiger partial charge is 0.383 e. The second-order valence-corrected chi connectivity index (χ2v) is 6.37. The van der Waals surface area contributed by atoms with Gasteiger partial charge in [-0.25, -0.2) is 4.98 Å². The topological polar surface area (TPSA) is 33.1 Å². The molecule has 84 valence electrons. The van der Waals surface area contributed by atoms with Crippen molar-refractivity contribution < 1.29 is 5.11 Å². The third-order valence-corrected chi connectivity index (χ3v) is 5.26. The van der Waals surface area contributed by atoms with E-state index in [1.54, 1.807) is 11.3 Å². The average molecular weight is 290 g/mol. The lowest BCUT2D eigenvalue weighted by Crippen LogP contribution is -2.35. The van der Waals surface area contributed by atoms with Crippen LogP contribution in [0.2, 0.25) is 0 Å². The summed E-state index contributed by atoms with van der Waals surface area (Å²) in [6.45, 7) is 4.49. The van der Waals surface area contributed by atoms with Crippen molar-refractivity contribution in [2.45, 2.75) is 38.7 Å². The number of halogens is 1. The minimum atomic E-state index is -0.678. The molecule has 0 radical (unpaired) electrons. The summed E-state index contributed by atoms with van der Waals surface area (Å²) < 4.78 is 0.835. The third kappa shape index (κ3) is 2.27. The van der Waals surface area contributed by atoms with Gasteiger partial charge in [0, 0.05) is 5.38 Å². The van der Waals surface area contributed by atoms with Crippen LogP contribution in [0.4, 0.5) is 0 Å². The molecular formula is C11H16BrNOS. The standard InChI is InChI=1S/C11H16BrNOS/c1-7-3-4-11(14,5-8(7)2)10-13-9(12)6-15-10/h6-8,14H,3-5H2,1-2H3. The minimum absolute atomic E-state index is 0.575. The van der Waals surface area contributed by atoms with Gasteiger partial charge in [-0.15, -0.1) is 11.3 Å². The van der Waals surface area contributed by atoms with Crippen LogP contribution in [0.25, 0.3) is 0 Å². The fourth-order valence-corrected chi connectivity index (χ4v) is 3.64. The Balaban J connectivity index is 2.20. The highest BCUT2D eigenvalue weighted by atomic mass is 79.9. The molecule has 3 unspecified atom stereocenters. The zero-order valence-electron chi connectivity index (χ0n) is 9.03. The summed E-state index contributed by atoms with van der Waals surface area (Å²) in [7, 11) is 0. The monoisotopic (exact) mass is 289 g/mol. The van der Waals surface area contributed by atoms with Gasteiger partial charge in [0.15, 0.2) is 0 Å². The maximum absolute atomic E-state index is 10.6. The highest BCUT2D eigenvalue weighted by Gasteiger charge is 2.39. The lowest BCUT2D eigenvalue weighted by molar-refractivity contribution is -0.0338. The molecule has 1 heterocycles. The molecule has 1 aliphatic carbocycles. The zero-order chi connectivity index (χ0) is 11.1. The quantitative estimate of drug-likeness (QED) is 0.858. The lowest BCUT2D eigenvalue weighted by atomic mass is 9.73. The van der Waals surface area contributed by atoms with Gasteiger partial charge in [-0.1, -0.05) is 13.8 Å². The van der Waals surface area contributed by atoms with E-state index < -0.39 is 5.60 Å². The number of aromatic nitrogens is 1. The molecule has 1 aromatic rings. The maximum Gasteiger partial charge on any atom is 0.126 e. The number of hydrogen-bond acceptors (Lipinski definition) is 3. The van der Waals surface area contributed by atoms with Crippen LogP contribution in [0.3, 0.4) is 0 Å². The molecule has 4 heteroatoms. The number of rotatable bonds is 1. The fraction of sp³-hybridized carbons (Fsp3) is 0.727. The van der Waals surface area contributed by atoms with Crippen molar-refractivity contribution in [3.8, 4) is 0 Å². The molecule has 1 aliphatic rings. The van der Waals surface area contributed by atoms with E-state index in [1.165, 1.54) is 0 Å². The van der Waals surface area contributed by atoms with Crippen LogP contribution in [-0.2, 0) is 5.60 Å². The molecule has 3 atom stereocenters. The van der Waals surface area contributed by atoms with Crippen molar-refractivity contribution >= 4 is 27.3 Å². The Hall–Kier alpha value is 0.0700. The fourth-order valence-electron chi connectivity index (χ4n) is 2.25. The molecule has 0 amide bonds. The van der Waals surface area contributed by atoms with E-state index in [2.05, 4.69) is 34.8 Å². The molecule has 2 nitrogen and oxygen atoms in total. The highest BCUT2D eigenvalue weighted by molar-refractivity contribution is 9.10. The average Bonchev–Trinajstić information content (AvgIpc) is 2.60. The van der Waals surface area contributed by atoms with Crippen molar-refractivity contribution in [1.29, 1.82) is 0 Å². The molecule has 0 aromatic carbocycles. The first-order valence-corrected chi connectivity index (χ1v) is 7.02. The Kier molecular flexibility index (Phi) is 3.20. The van der Waals surface area contributed by atoms with Crippen molar-refractivity contribution in [1.82, 2.24) is 4.98 Å². The van der Waals surface area contributed by atoms with Crippen LogP contribution in [0.5, 0.6) is 0 Å². The van der Waals surface area contributed by atoms with Crippen LogP contribution < -0.4 is 0 Å². The van der Waals surface area contributed by atoms with Crippen molar-refractivity contribution in [2.24, 2.45) is 11.8 Å². The Morgan fingerprint density at radius 2 is 2.27 bits per heavy atom. The molecule has 0 aliphatic heterocycles. The summed E-state index contributed by atoms with van der Waals surface area (Å²) in [5.41, 5.74) is -0.678. The third-order valence-electron chi connectivity index (χ3n) is 3.52. The van der Waals surface area contributed by atoms with Crippen molar-refractivity contribution in [2.75, 3.05) is 0 Å². The summed E-state index contributed by atoms with van der Waals surface area (Å²) in [5, 5.41) is 13.4. The van der Waals surface area contributed by atoms with Gasteiger partial charge in [0.05, 0.1) is 0 Å². The summed E-state index contributed by atoms with van der Waals surface area (Å²) in [4.78, 5) is 4.35. The smallest absolute Gasteiger partial charge is 0.126 e. The highest BCUT2D eigenvalue weighted by Crippen LogP contribution is 2.43. The molecule has 1 aromatic heterocycles. The van der Waals surface area contributed by atoms with Gasteiger partial charge in [-0.3, -0.25) is 0 Å². The second kappa shape index (κ2) is 4.15. The number of thiazole rings is 1. The lowest BCUT2D eigenvalue weighted by Gasteiger charge is -2.37. The summed E-state index contributed by atoms with van der Waals surface area (Å²) in [6, 6.07) is 0. The number of hydrogen-bond donors (Lipinski definition) is 1. The Labute approximate surface area is 103 Å². The molecule has 1 saturated carbocycles. The van der Waals surface area contributed by atoms with Crippen LogP contribution in [-0.4, -0.2) is 10.1 Å². The molecule has 0 spiro atoms. The minimum Gasteiger partial charge on any atom is -0.383 e. The van der Waals surface area contributed by atoms with Gasteiger partial charge in [-0.05, 0) is 47.0 Å². The van der Waals surface area contributed by atoms with Gasteiger partial charge in [-0.2, -0.15) is 0 Å². The molecule has 0 saturated heterocycles. The van der Waals surface area contributed by atoms with Gasteiger partial charge >= 0.3 is 0 Å². The Morgan fingerprint density at radius 1 is 1.53 bits per heavy atom. The predicted octanol–water partition coefficient (Wildman–Crippen LogP) is 3.55. The second-order valence-electron chi connectivity index (χ2n) is 4.70. The number of aliphatic hydroxyl groups is 1. The maximum atomic E-state index is 10.6. The zero-order valence-corrected chi connectivity index (χ0v) is 11.4. The van der Waals surface area contributed by atoms with E-state index in [4.69, 9.17) is 0 Å². The Bertz CT molecular complexity index is 354. The molecule has 2 rings (SSSR count). The predicted molar refractivity (Wildman–Crippen MR) is 65.9 cm³/mol. The first kappa shape index (κ1) is 11.6. The first-order chi connectivity index (χ1) is 7.01. The molecule has 0 bridgehead atoms. The van der Waals surface area contributed by atoms with Crippen molar-refractivity contribution in [3.05, 3.63) is 15.0 Å². The number of nitrogens with zero attached hydrogens (tertiary/aromatic N) is 1. The summed E-state index contributed by atoms with van der Waals surface area (Å²) in [6.07, 6.45) is 2.78. The summed E-state index contributed by atoms with van der Waals surface area (Å²) in [5.74, 6) is 1.29. The normalized spacial score (nSPS) is 36.8. The molecule has 1 N–H and O–H groups in total. The summed E-state index contributed by atoms with van der Waals surface area (Å²) >= 11 is 4.89. The van der Waals surface area contributed by atoms with E-state index >= 15 is 0 Å². The molecular weight excluding hydrogens is 274 g/mol. The molecule has 1 fully saturated rings. The van der Waals surface area contributed by atoms with Crippen LogP contribution in [0.1, 0.15) is 38.1 Å². The van der Waals surface area contributed by atoms with E-state index in [-0.39, 0.29) is 0 Å². The van der Waals surface area contributed by atoms with Gasteiger partial charge in [0.1, 0.15) is 15.2 Å². The van der Waals surface area contributed by atoms with Gasteiger partial charge in [0.25, 0.3) is 0 Å². The van der Waals surface area contributed by atoms with E-state index in [0.717, 1.165) is 28.9 Å². The SMILES string of the molecule is CC1CCC(O)(c2nc(Br)cs2)CC1C. The van der Waals surface area contributed by atoms with E-state index in [9.17, 15) is 5.11 Å². The van der Waals surface area contributed by atoms with Crippen molar-refractivity contribution in [3.63, 3.8) is 0 Å². The first-order valence-electron chi connectivity index (χ1n) is 5.35. The van der Waals surface area contributed by atoms with Crippen LogP contribution in [0, 0.1) is 11.8 Å². The van der Waals surface area contributed by atoms with Gasteiger partial charge in [0.2, 0.25) is 0 Å². The van der Waals surface area contributed by atoms with Crippen LogP contribution in [0.15, 0.2) is 9.98 Å². The van der Waals surface area contributed by atoms with E-state index in [1.807, 2.05) is 5.38 Å². The molecule has 15 heavy (non-hydrogen) atoms. The van der Waals surface area contributed by atoms with Gasteiger partial charge < -0.3 is 5.11 Å².